The van der Waals surface area contributed by atoms with Crippen LogP contribution in [-0.2, 0) is 30.4 Å². The van der Waals surface area contributed by atoms with E-state index >= 15 is 0 Å². The number of hydrogen-bond acceptors (Lipinski definition) is 8. The topological polar surface area (TPSA) is 200 Å². The first-order chi connectivity index (χ1) is 10.2. The summed E-state index contributed by atoms with van der Waals surface area (Å²) in [5.74, 6) is -1.07. The van der Waals surface area contributed by atoms with Crippen LogP contribution in [0.4, 0.5) is 5.69 Å². The highest BCUT2D eigenvalue weighted by Gasteiger charge is 2.45. The van der Waals surface area contributed by atoms with Gasteiger partial charge in [0.2, 0.25) is 16.0 Å². The van der Waals surface area contributed by atoms with Gasteiger partial charge in [-0.2, -0.15) is 25.3 Å². The summed E-state index contributed by atoms with van der Waals surface area (Å²) in [6.07, 6.45) is 0. The molecule has 0 radical (unpaired) electrons. The van der Waals surface area contributed by atoms with Crippen molar-refractivity contribution < 1.29 is 43.6 Å². The van der Waals surface area contributed by atoms with Crippen LogP contribution in [0.25, 0.3) is 4.98 Å². The van der Waals surface area contributed by atoms with Crippen LogP contribution in [0, 0.1) is 8.96 Å². The van der Waals surface area contributed by atoms with Crippen LogP contribution < -0.4 is 4.74 Å². The molecule has 0 saturated carbocycles. The van der Waals surface area contributed by atoms with E-state index in [1.54, 1.807) is 0 Å². The van der Waals surface area contributed by atoms with Gasteiger partial charge >= 0.3 is 15.8 Å². The van der Waals surface area contributed by atoms with Gasteiger partial charge in [-0.25, -0.2) is 0 Å². The lowest BCUT2D eigenvalue weighted by Crippen LogP contribution is -2.15. The number of benzene rings is 1. The highest BCUT2D eigenvalue weighted by atomic mass is 127. The maximum absolute atomic E-state index is 11.4. The first-order valence-electron chi connectivity index (χ1n) is 4.89. The Bertz CT molecular complexity index is 1040. The van der Waals surface area contributed by atoms with Crippen LogP contribution in [0.3, 0.4) is 0 Å². The van der Waals surface area contributed by atoms with Crippen molar-refractivity contribution in [3.8, 4) is 5.75 Å². The maximum Gasteiger partial charge on any atom is 0.450 e. The Morgan fingerprint density at radius 1 is 0.913 bits per heavy atom. The lowest BCUT2D eigenvalue weighted by molar-refractivity contribution is 0.395. The Kier molecular flexibility index (Phi) is 5.27. The highest BCUT2D eigenvalue weighted by molar-refractivity contribution is 14.1. The molecule has 12 nitrogen and oxygen atoms in total. The van der Waals surface area contributed by atoms with E-state index in [-0.39, 0.29) is 0 Å². The summed E-state index contributed by atoms with van der Waals surface area (Å²) in [6, 6.07) is 0. The third-order valence-corrected chi connectivity index (χ3v) is 7.00. The monoisotopic (exact) mass is 501 g/mol. The second-order valence-electron chi connectivity index (χ2n) is 3.71. The fourth-order valence-electron chi connectivity index (χ4n) is 1.60. The minimum Gasteiger partial charge on any atom is -0.488 e. The SMILES string of the molecule is COc1c([N+]#N)c(S(=O)(=O)O)c(S(=O)(=O)O)c(I)c1S(=O)(=O)O. The number of ether oxygens (including phenoxy) is 1. The normalized spacial score (nSPS) is 12.7. The van der Waals surface area contributed by atoms with Crippen molar-refractivity contribution in [2.45, 2.75) is 14.7 Å². The Labute approximate surface area is 143 Å². The third-order valence-electron chi connectivity index (χ3n) is 2.32. The van der Waals surface area contributed by atoms with Crippen molar-refractivity contribution in [3.05, 3.63) is 8.55 Å². The van der Waals surface area contributed by atoms with E-state index < -0.39 is 60.0 Å². The number of hydrogen-bond donors (Lipinski definition) is 3. The second-order valence-corrected chi connectivity index (χ2v) is 8.86. The largest absolute Gasteiger partial charge is 0.488 e. The van der Waals surface area contributed by atoms with Crippen LogP contribution in [0.2, 0.25) is 0 Å². The van der Waals surface area contributed by atoms with Crippen molar-refractivity contribution in [2.24, 2.45) is 0 Å². The first-order valence-corrected chi connectivity index (χ1v) is 10.3. The average Bonchev–Trinajstić information content (AvgIpc) is 2.32. The molecule has 0 unspecified atom stereocenters. The summed E-state index contributed by atoms with van der Waals surface area (Å²) in [4.78, 5) is -2.14. The van der Waals surface area contributed by atoms with Gasteiger partial charge in [0.25, 0.3) is 20.2 Å². The zero-order valence-corrected chi connectivity index (χ0v) is 15.3. The molecule has 1 aromatic rings. The number of nitrogens with zero attached hydrogens (tertiary/aromatic N) is 2. The molecule has 1 aromatic carbocycles. The maximum atomic E-state index is 11.4. The van der Waals surface area contributed by atoms with E-state index in [2.05, 4.69) is 9.71 Å². The molecular formula is C7H6IN2O10S3+. The van der Waals surface area contributed by atoms with E-state index in [4.69, 9.17) is 19.1 Å². The van der Waals surface area contributed by atoms with Crippen molar-refractivity contribution in [2.75, 3.05) is 7.11 Å². The predicted octanol–water partition coefficient (Wildman–Crippen LogP) is 0.524. The van der Waals surface area contributed by atoms with E-state index in [0.29, 0.717) is 0 Å². The van der Waals surface area contributed by atoms with Crippen LogP contribution in [0.15, 0.2) is 14.7 Å². The summed E-state index contributed by atoms with van der Waals surface area (Å²) >= 11 is 0.982. The molecule has 0 atom stereocenters. The fourth-order valence-corrected chi connectivity index (χ4v) is 6.78. The minimum absolute atomic E-state index is 0.787. The molecule has 16 heteroatoms. The van der Waals surface area contributed by atoms with Gasteiger partial charge in [0.05, 0.1) is 10.7 Å². The molecule has 128 valence electrons. The molecule has 0 spiro atoms. The lowest BCUT2D eigenvalue weighted by atomic mass is 10.3. The summed E-state index contributed by atoms with van der Waals surface area (Å²) in [5, 5.41) is 8.88. The number of halogens is 1. The molecule has 1 rings (SSSR count). The highest BCUT2D eigenvalue weighted by Crippen LogP contribution is 2.46. The summed E-state index contributed by atoms with van der Waals surface area (Å²) in [6.45, 7) is 0. The van der Waals surface area contributed by atoms with E-state index in [1.807, 2.05) is 0 Å². The minimum atomic E-state index is -5.44. The lowest BCUT2D eigenvalue weighted by Gasteiger charge is -2.11. The third kappa shape index (κ3) is 3.70. The van der Waals surface area contributed by atoms with Gasteiger partial charge in [-0.15, -0.1) is 0 Å². The molecule has 0 aliphatic carbocycles. The predicted molar refractivity (Wildman–Crippen MR) is 79.9 cm³/mol. The van der Waals surface area contributed by atoms with Crippen LogP contribution in [-0.4, -0.2) is 46.0 Å². The van der Waals surface area contributed by atoms with Crippen LogP contribution in [0.5, 0.6) is 5.75 Å². The Hall–Kier alpha value is -1.10. The van der Waals surface area contributed by atoms with Gasteiger partial charge in [-0.3, -0.25) is 13.7 Å². The number of rotatable bonds is 4. The summed E-state index contributed by atoms with van der Waals surface area (Å²) in [5.41, 5.74) is -1.35. The molecule has 0 heterocycles. The second kappa shape index (κ2) is 6.08. The molecule has 0 fully saturated rings. The fraction of sp³-hybridized carbons (Fsp3) is 0.143. The zero-order valence-electron chi connectivity index (χ0n) is 10.7. The van der Waals surface area contributed by atoms with Gasteiger partial charge in [0, 0.05) is 0 Å². The van der Waals surface area contributed by atoms with Gasteiger partial charge in [0.15, 0.2) is 9.87 Å². The van der Waals surface area contributed by atoms with E-state index in [0.717, 1.165) is 29.7 Å². The van der Waals surface area contributed by atoms with Crippen LogP contribution in [0.1, 0.15) is 0 Å². The molecule has 0 aromatic heterocycles. The molecule has 0 aliphatic heterocycles. The molecule has 23 heavy (non-hydrogen) atoms. The van der Waals surface area contributed by atoms with E-state index in [1.165, 1.54) is 0 Å². The average molecular weight is 501 g/mol. The zero-order chi connectivity index (χ0) is 18.4. The number of methoxy groups -OCH3 is 1. The van der Waals surface area contributed by atoms with Gasteiger partial charge in [-0.05, 0) is 22.6 Å². The summed E-state index contributed by atoms with van der Waals surface area (Å²) < 4.78 is 99.4. The van der Waals surface area contributed by atoms with Gasteiger partial charge < -0.3 is 4.74 Å². The van der Waals surface area contributed by atoms with E-state index in [9.17, 15) is 25.3 Å². The molecular weight excluding hydrogens is 495 g/mol. The van der Waals surface area contributed by atoms with Gasteiger partial charge in [0.1, 0.15) is 4.90 Å². The Morgan fingerprint density at radius 3 is 1.57 bits per heavy atom. The Balaban J connectivity index is 4.54. The quantitative estimate of drug-likeness (QED) is 0.295. The smallest absolute Gasteiger partial charge is 0.450 e. The first kappa shape index (κ1) is 19.9. The molecule has 0 aliphatic rings. The standard InChI is InChI=1S/C7H5IN2O10S3/c1-20-4-3(10-9)7(23(17,18)19)6(22(14,15)16)2(8)5(4)21(11,12)13/h1H3,(H2-,11,12,13,14,15,16,17,18,19)/p+1. The van der Waals surface area contributed by atoms with Crippen molar-refractivity contribution >= 4 is 58.6 Å². The molecule has 0 amide bonds. The van der Waals surface area contributed by atoms with Gasteiger partial charge in [-0.1, -0.05) is 0 Å². The van der Waals surface area contributed by atoms with Crippen molar-refractivity contribution in [1.29, 1.82) is 5.39 Å². The molecule has 0 saturated heterocycles. The van der Waals surface area contributed by atoms with Crippen molar-refractivity contribution in [1.82, 2.24) is 0 Å². The molecule has 0 bridgehead atoms. The van der Waals surface area contributed by atoms with Crippen LogP contribution >= 0.6 is 22.6 Å². The Morgan fingerprint density at radius 2 is 1.30 bits per heavy atom. The number of diazo groups is 1. The molecule has 3 N–H and O–H groups in total. The van der Waals surface area contributed by atoms with Crippen molar-refractivity contribution in [3.63, 3.8) is 0 Å². The summed E-state index contributed by atoms with van der Waals surface area (Å²) in [7, 11) is -15.3.